The Bertz CT molecular complexity index is 380. The van der Waals surface area contributed by atoms with Gasteiger partial charge in [0.1, 0.15) is 10.2 Å². The average molecular weight is 376 g/mol. The summed E-state index contributed by atoms with van der Waals surface area (Å²) in [5, 5.41) is 19.8. The van der Waals surface area contributed by atoms with Gasteiger partial charge in [0.25, 0.3) is 5.69 Å². The van der Waals surface area contributed by atoms with E-state index in [4.69, 9.17) is 0 Å². The van der Waals surface area contributed by atoms with E-state index in [9.17, 15) is 15.2 Å². The van der Waals surface area contributed by atoms with Crippen LogP contribution in [0.25, 0.3) is 0 Å². The standard InChI is InChI=1S/C6H2Br3NO3/c7-2-1-3(10(12)13)4(8)5(9)6(2)11/h1,11H. The number of hydrogen-bond acceptors (Lipinski definition) is 3. The molecule has 0 aliphatic rings. The summed E-state index contributed by atoms with van der Waals surface area (Å²) in [6, 6.07) is 1.23. The quantitative estimate of drug-likeness (QED) is 0.463. The predicted octanol–water partition coefficient (Wildman–Crippen LogP) is 3.59. The summed E-state index contributed by atoms with van der Waals surface area (Å²) in [6.07, 6.45) is 0. The van der Waals surface area contributed by atoms with Gasteiger partial charge < -0.3 is 5.11 Å². The summed E-state index contributed by atoms with van der Waals surface area (Å²) < 4.78 is 0.751. The maximum Gasteiger partial charge on any atom is 0.286 e. The lowest BCUT2D eigenvalue weighted by atomic mass is 10.3. The first-order valence-corrected chi connectivity index (χ1v) is 5.34. The number of phenolic OH excluding ortho intramolecular Hbond substituents is 1. The van der Waals surface area contributed by atoms with Crippen molar-refractivity contribution >= 4 is 53.5 Å². The van der Waals surface area contributed by atoms with Gasteiger partial charge in [0, 0.05) is 6.07 Å². The van der Waals surface area contributed by atoms with Crippen LogP contribution >= 0.6 is 47.8 Å². The Labute approximate surface area is 98.5 Å². The number of halogens is 3. The fourth-order valence-corrected chi connectivity index (χ4v) is 2.25. The molecule has 70 valence electrons. The molecule has 0 saturated carbocycles. The molecule has 0 saturated heterocycles. The third-order valence-corrected chi connectivity index (χ3v) is 4.02. The smallest absolute Gasteiger partial charge is 0.286 e. The van der Waals surface area contributed by atoms with Crippen LogP contribution in [-0.2, 0) is 0 Å². The van der Waals surface area contributed by atoms with Crippen LogP contribution in [0.5, 0.6) is 5.75 Å². The Balaban J connectivity index is 3.50. The summed E-state index contributed by atoms with van der Waals surface area (Å²) in [5.74, 6) is -0.0718. The van der Waals surface area contributed by atoms with E-state index >= 15 is 0 Å². The molecule has 0 amide bonds. The minimum Gasteiger partial charge on any atom is -0.506 e. The van der Waals surface area contributed by atoms with Gasteiger partial charge in [-0.1, -0.05) is 0 Å². The monoisotopic (exact) mass is 373 g/mol. The van der Waals surface area contributed by atoms with Crippen molar-refractivity contribution in [3.63, 3.8) is 0 Å². The molecule has 1 rings (SSSR count). The third-order valence-electron chi connectivity index (χ3n) is 1.31. The van der Waals surface area contributed by atoms with Gasteiger partial charge in [0.15, 0.2) is 0 Å². The van der Waals surface area contributed by atoms with Gasteiger partial charge in [-0.2, -0.15) is 0 Å². The van der Waals surface area contributed by atoms with Crippen molar-refractivity contribution in [2.75, 3.05) is 0 Å². The highest BCUT2D eigenvalue weighted by atomic mass is 79.9. The molecule has 7 heteroatoms. The van der Waals surface area contributed by atoms with Crippen molar-refractivity contribution in [2.45, 2.75) is 0 Å². The molecule has 0 atom stereocenters. The Kier molecular flexibility index (Phi) is 3.31. The molecule has 0 aromatic heterocycles. The summed E-state index contributed by atoms with van der Waals surface area (Å²) in [4.78, 5) is 9.95. The Morgan fingerprint density at radius 1 is 1.31 bits per heavy atom. The fraction of sp³-hybridized carbons (Fsp3) is 0. The zero-order valence-corrected chi connectivity index (χ0v) is 10.7. The first kappa shape index (κ1) is 10.9. The molecule has 1 N–H and O–H groups in total. The zero-order chi connectivity index (χ0) is 10.2. The molecule has 4 nitrogen and oxygen atoms in total. The van der Waals surface area contributed by atoms with Crippen LogP contribution in [-0.4, -0.2) is 10.0 Å². The second-order valence-electron chi connectivity index (χ2n) is 2.11. The maximum absolute atomic E-state index is 10.5. The summed E-state index contributed by atoms with van der Waals surface area (Å²) in [5.41, 5.74) is -0.114. The topological polar surface area (TPSA) is 63.4 Å². The second-order valence-corrected chi connectivity index (χ2v) is 4.55. The maximum atomic E-state index is 10.5. The lowest BCUT2D eigenvalue weighted by Crippen LogP contribution is -1.90. The van der Waals surface area contributed by atoms with Gasteiger partial charge in [0.2, 0.25) is 0 Å². The van der Waals surface area contributed by atoms with E-state index in [-0.39, 0.29) is 24.9 Å². The molecule has 0 aliphatic carbocycles. The lowest BCUT2D eigenvalue weighted by Gasteiger charge is -2.02. The highest BCUT2D eigenvalue weighted by molar-refractivity contribution is 9.13. The number of phenols is 1. The van der Waals surface area contributed by atoms with Gasteiger partial charge in [-0.15, -0.1) is 0 Å². The van der Waals surface area contributed by atoms with Crippen molar-refractivity contribution in [3.05, 3.63) is 29.6 Å². The van der Waals surface area contributed by atoms with Crippen LogP contribution in [0.3, 0.4) is 0 Å². The molecule has 0 spiro atoms. The molecule has 0 aliphatic heterocycles. The Hall–Kier alpha value is -0.140. The Morgan fingerprint density at radius 3 is 2.31 bits per heavy atom. The van der Waals surface area contributed by atoms with Gasteiger partial charge in [-0.05, 0) is 47.8 Å². The summed E-state index contributed by atoms with van der Waals surface area (Å²) in [6.45, 7) is 0. The van der Waals surface area contributed by atoms with E-state index in [1.165, 1.54) is 6.07 Å². The molecular weight excluding hydrogens is 374 g/mol. The molecule has 1 aromatic carbocycles. The minimum atomic E-state index is -0.543. The zero-order valence-electron chi connectivity index (χ0n) is 5.92. The first-order valence-electron chi connectivity index (χ1n) is 2.96. The van der Waals surface area contributed by atoms with Gasteiger partial charge in [-0.3, -0.25) is 10.1 Å². The number of nitro benzene ring substituents is 1. The van der Waals surface area contributed by atoms with Crippen molar-refractivity contribution < 1.29 is 10.0 Å². The number of aromatic hydroxyl groups is 1. The van der Waals surface area contributed by atoms with E-state index < -0.39 is 4.92 Å². The van der Waals surface area contributed by atoms with E-state index in [0.29, 0.717) is 0 Å². The average Bonchev–Trinajstić information content (AvgIpc) is 2.07. The van der Waals surface area contributed by atoms with Crippen LogP contribution in [0.15, 0.2) is 19.5 Å². The van der Waals surface area contributed by atoms with Gasteiger partial charge in [0.05, 0.1) is 13.9 Å². The van der Waals surface area contributed by atoms with Gasteiger partial charge in [-0.25, -0.2) is 0 Å². The second kappa shape index (κ2) is 3.93. The molecular formula is C6H2Br3NO3. The number of nitro groups is 1. The number of nitrogens with zero attached hydrogens (tertiary/aromatic N) is 1. The number of rotatable bonds is 1. The fourth-order valence-electron chi connectivity index (χ4n) is 0.706. The molecule has 0 heterocycles. The largest absolute Gasteiger partial charge is 0.506 e. The molecule has 0 radical (unpaired) electrons. The van der Waals surface area contributed by atoms with Crippen LogP contribution in [0.1, 0.15) is 0 Å². The summed E-state index contributed by atoms with van der Waals surface area (Å²) in [7, 11) is 0. The molecule has 0 fully saturated rings. The summed E-state index contributed by atoms with van der Waals surface area (Å²) >= 11 is 9.01. The van der Waals surface area contributed by atoms with Gasteiger partial charge >= 0.3 is 0 Å². The van der Waals surface area contributed by atoms with Crippen molar-refractivity contribution in [1.82, 2.24) is 0 Å². The molecule has 0 unspecified atom stereocenters. The lowest BCUT2D eigenvalue weighted by molar-refractivity contribution is -0.385. The highest BCUT2D eigenvalue weighted by Gasteiger charge is 2.20. The van der Waals surface area contributed by atoms with Crippen LogP contribution < -0.4 is 0 Å². The van der Waals surface area contributed by atoms with Crippen molar-refractivity contribution in [2.24, 2.45) is 0 Å². The number of benzene rings is 1. The van der Waals surface area contributed by atoms with Crippen molar-refractivity contribution in [3.8, 4) is 5.75 Å². The van der Waals surface area contributed by atoms with Crippen LogP contribution in [0, 0.1) is 10.1 Å². The third kappa shape index (κ3) is 2.03. The van der Waals surface area contributed by atoms with E-state index in [1.807, 2.05) is 0 Å². The minimum absolute atomic E-state index is 0.0718. The SMILES string of the molecule is O=[N+]([O-])c1cc(Br)c(O)c(Br)c1Br. The van der Waals surface area contributed by atoms with E-state index in [1.54, 1.807) is 0 Å². The van der Waals surface area contributed by atoms with E-state index in [2.05, 4.69) is 47.8 Å². The molecule has 13 heavy (non-hydrogen) atoms. The Morgan fingerprint density at radius 2 is 1.85 bits per heavy atom. The van der Waals surface area contributed by atoms with Crippen LogP contribution in [0.4, 0.5) is 5.69 Å². The van der Waals surface area contributed by atoms with E-state index in [0.717, 1.165) is 0 Å². The molecule has 1 aromatic rings. The molecule has 0 bridgehead atoms. The highest BCUT2D eigenvalue weighted by Crippen LogP contribution is 2.43. The normalized spacial score (nSPS) is 10.1. The predicted molar refractivity (Wildman–Crippen MR) is 57.9 cm³/mol. The van der Waals surface area contributed by atoms with Crippen LogP contribution in [0.2, 0.25) is 0 Å². The first-order chi connectivity index (χ1) is 5.95. The number of hydrogen-bond donors (Lipinski definition) is 1. The van der Waals surface area contributed by atoms with Crippen molar-refractivity contribution in [1.29, 1.82) is 0 Å².